The summed E-state index contributed by atoms with van der Waals surface area (Å²) in [5.41, 5.74) is 0.391. The lowest BCUT2D eigenvalue weighted by molar-refractivity contribution is 0.165. The van der Waals surface area contributed by atoms with E-state index in [1.165, 1.54) is 12.1 Å². The third-order valence-corrected chi connectivity index (χ3v) is 1.84. The van der Waals surface area contributed by atoms with Crippen molar-refractivity contribution in [3.8, 4) is 17.2 Å². The third kappa shape index (κ3) is 1.39. The Morgan fingerprint density at radius 1 is 1.31 bits per heavy atom. The molecule has 13 heavy (non-hydrogen) atoms. The summed E-state index contributed by atoms with van der Waals surface area (Å²) in [7, 11) is 0. The molecule has 1 N–H and O–H groups in total. The number of phenols is 1. The van der Waals surface area contributed by atoms with Crippen LogP contribution in [-0.2, 0) is 6.67 Å². The van der Waals surface area contributed by atoms with E-state index >= 15 is 0 Å². The van der Waals surface area contributed by atoms with E-state index in [0.717, 1.165) is 0 Å². The van der Waals surface area contributed by atoms with Gasteiger partial charge >= 0.3 is 0 Å². The predicted octanol–water partition coefficient (Wildman–Crippen LogP) is 1.63. The Morgan fingerprint density at radius 3 is 2.85 bits per heavy atom. The second-order valence-corrected chi connectivity index (χ2v) is 2.77. The van der Waals surface area contributed by atoms with Crippen LogP contribution in [0.15, 0.2) is 12.1 Å². The van der Waals surface area contributed by atoms with Gasteiger partial charge in [-0.2, -0.15) is 0 Å². The number of hydrogen-bond donors (Lipinski definition) is 1. The number of aromatic hydroxyl groups is 1. The average molecular weight is 184 g/mol. The molecule has 0 aromatic heterocycles. The van der Waals surface area contributed by atoms with Crippen molar-refractivity contribution in [3.63, 3.8) is 0 Å². The molecule has 0 fully saturated rings. The van der Waals surface area contributed by atoms with E-state index in [4.69, 9.17) is 9.47 Å². The summed E-state index contributed by atoms with van der Waals surface area (Å²) < 4.78 is 22.6. The molecule has 0 atom stereocenters. The number of phenolic OH excluding ortho intramolecular Hbond substituents is 1. The number of fused-ring (bicyclic) bond motifs is 1. The van der Waals surface area contributed by atoms with Gasteiger partial charge in [0.15, 0.2) is 11.5 Å². The van der Waals surface area contributed by atoms with Gasteiger partial charge < -0.3 is 14.6 Å². The van der Waals surface area contributed by atoms with E-state index < -0.39 is 6.67 Å². The molecule has 1 heterocycles. The summed E-state index contributed by atoms with van der Waals surface area (Å²) in [6, 6.07) is 2.88. The number of alkyl halides is 1. The first-order valence-electron chi connectivity index (χ1n) is 3.98. The molecule has 0 unspecified atom stereocenters. The molecule has 1 aliphatic heterocycles. The fraction of sp³-hybridized carbons (Fsp3) is 0.333. The van der Waals surface area contributed by atoms with Crippen LogP contribution in [0.2, 0.25) is 0 Å². The number of benzene rings is 1. The molecule has 0 radical (unpaired) electrons. The van der Waals surface area contributed by atoms with Crippen molar-refractivity contribution in [1.29, 1.82) is 0 Å². The van der Waals surface area contributed by atoms with Crippen LogP contribution in [0.1, 0.15) is 5.56 Å². The topological polar surface area (TPSA) is 38.7 Å². The highest BCUT2D eigenvalue weighted by atomic mass is 19.1. The summed E-state index contributed by atoms with van der Waals surface area (Å²) >= 11 is 0. The molecule has 0 bridgehead atoms. The largest absolute Gasteiger partial charge is 0.504 e. The standard InChI is InChI=1S/C9H9FO3/c10-5-6-3-7(11)9-8(4-6)12-1-2-13-9/h3-4,11H,1-2,5H2. The van der Waals surface area contributed by atoms with Gasteiger partial charge in [-0.25, -0.2) is 4.39 Å². The minimum absolute atomic E-state index is 0.0650. The summed E-state index contributed by atoms with van der Waals surface area (Å²) in [4.78, 5) is 0. The van der Waals surface area contributed by atoms with Crippen LogP contribution in [0.25, 0.3) is 0 Å². The molecule has 0 saturated carbocycles. The Labute approximate surface area is 74.7 Å². The Bertz CT molecular complexity index is 325. The van der Waals surface area contributed by atoms with E-state index in [1.54, 1.807) is 0 Å². The van der Waals surface area contributed by atoms with E-state index in [-0.39, 0.29) is 5.75 Å². The number of ether oxygens (including phenoxy) is 2. The zero-order valence-corrected chi connectivity index (χ0v) is 6.92. The quantitative estimate of drug-likeness (QED) is 0.720. The Morgan fingerprint density at radius 2 is 2.08 bits per heavy atom. The Kier molecular flexibility index (Phi) is 1.96. The van der Waals surface area contributed by atoms with Crippen LogP contribution in [0.4, 0.5) is 4.39 Å². The highest BCUT2D eigenvalue weighted by Crippen LogP contribution is 2.39. The molecule has 0 aliphatic carbocycles. The van der Waals surface area contributed by atoms with Gasteiger partial charge in [0.25, 0.3) is 0 Å². The SMILES string of the molecule is Oc1cc(CF)cc2c1OCCO2. The summed E-state index contributed by atoms with van der Waals surface area (Å²) in [6.45, 7) is 0.224. The van der Waals surface area contributed by atoms with Gasteiger partial charge in [-0.3, -0.25) is 0 Å². The molecule has 1 aromatic carbocycles. The Hall–Kier alpha value is -1.45. The third-order valence-electron chi connectivity index (χ3n) is 1.84. The Balaban J connectivity index is 2.47. The molecule has 2 rings (SSSR count). The van der Waals surface area contributed by atoms with Crippen molar-refractivity contribution < 1.29 is 19.0 Å². The van der Waals surface area contributed by atoms with Gasteiger partial charge in [-0.1, -0.05) is 0 Å². The monoisotopic (exact) mass is 184 g/mol. The smallest absolute Gasteiger partial charge is 0.203 e. The molecule has 4 heteroatoms. The van der Waals surface area contributed by atoms with Crippen LogP contribution >= 0.6 is 0 Å². The van der Waals surface area contributed by atoms with Crippen molar-refractivity contribution in [2.24, 2.45) is 0 Å². The zero-order chi connectivity index (χ0) is 9.26. The molecule has 1 aliphatic rings. The van der Waals surface area contributed by atoms with Gasteiger partial charge in [-0.05, 0) is 17.7 Å². The summed E-state index contributed by atoms with van der Waals surface area (Å²) in [6.07, 6.45) is 0. The minimum atomic E-state index is -0.621. The first-order chi connectivity index (χ1) is 6.31. The van der Waals surface area contributed by atoms with Crippen molar-refractivity contribution >= 4 is 0 Å². The highest BCUT2D eigenvalue weighted by Gasteiger charge is 2.16. The number of halogens is 1. The molecular formula is C9H9FO3. The lowest BCUT2D eigenvalue weighted by Gasteiger charge is -2.19. The molecule has 70 valence electrons. The maximum absolute atomic E-state index is 12.3. The van der Waals surface area contributed by atoms with Crippen LogP contribution in [0, 0.1) is 0 Å². The maximum Gasteiger partial charge on any atom is 0.203 e. The molecule has 0 spiro atoms. The van der Waals surface area contributed by atoms with Gasteiger partial charge in [0.2, 0.25) is 5.75 Å². The van der Waals surface area contributed by atoms with Crippen molar-refractivity contribution in [2.45, 2.75) is 6.67 Å². The van der Waals surface area contributed by atoms with Crippen LogP contribution in [0.5, 0.6) is 17.2 Å². The fourth-order valence-electron chi connectivity index (χ4n) is 1.27. The number of rotatable bonds is 1. The molecule has 0 amide bonds. The first-order valence-corrected chi connectivity index (χ1v) is 3.98. The summed E-state index contributed by atoms with van der Waals surface area (Å²) in [5.74, 6) is 0.659. The maximum atomic E-state index is 12.3. The molecule has 1 aromatic rings. The normalized spacial score (nSPS) is 14.2. The zero-order valence-electron chi connectivity index (χ0n) is 6.92. The van der Waals surface area contributed by atoms with Crippen molar-refractivity contribution in [2.75, 3.05) is 13.2 Å². The molecular weight excluding hydrogens is 175 g/mol. The minimum Gasteiger partial charge on any atom is -0.504 e. The van der Waals surface area contributed by atoms with E-state index in [0.29, 0.717) is 30.3 Å². The van der Waals surface area contributed by atoms with Crippen molar-refractivity contribution in [3.05, 3.63) is 17.7 Å². The lowest BCUT2D eigenvalue weighted by Crippen LogP contribution is -2.15. The molecule has 3 nitrogen and oxygen atoms in total. The van der Waals surface area contributed by atoms with Crippen LogP contribution in [0.3, 0.4) is 0 Å². The fourth-order valence-corrected chi connectivity index (χ4v) is 1.27. The first kappa shape index (κ1) is 8.16. The van der Waals surface area contributed by atoms with Gasteiger partial charge in [0.1, 0.15) is 19.9 Å². The predicted molar refractivity (Wildman–Crippen MR) is 43.9 cm³/mol. The second-order valence-electron chi connectivity index (χ2n) is 2.77. The average Bonchev–Trinajstić information content (AvgIpc) is 2.18. The second kappa shape index (κ2) is 3.12. The van der Waals surface area contributed by atoms with E-state index in [9.17, 15) is 9.50 Å². The lowest BCUT2D eigenvalue weighted by atomic mass is 10.2. The van der Waals surface area contributed by atoms with Gasteiger partial charge in [0, 0.05) is 0 Å². The van der Waals surface area contributed by atoms with Gasteiger partial charge in [-0.15, -0.1) is 0 Å². The summed E-state index contributed by atoms with van der Waals surface area (Å²) in [5, 5.41) is 9.40. The van der Waals surface area contributed by atoms with Gasteiger partial charge in [0.05, 0.1) is 0 Å². The highest BCUT2D eigenvalue weighted by molar-refractivity contribution is 5.53. The van der Waals surface area contributed by atoms with Crippen LogP contribution < -0.4 is 9.47 Å². The van der Waals surface area contributed by atoms with E-state index in [2.05, 4.69) is 0 Å². The van der Waals surface area contributed by atoms with Crippen LogP contribution in [-0.4, -0.2) is 18.3 Å². The number of hydrogen-bond acceptors (Lipinski definition) is 3. The molecule has 0 saturated heterocycles. The van der Waals surface area contributed by atoms with E-state index in [1.807, 2.05) is 0 Å². The van der Waals surface area contributed by atoms with Crippen molar-refractivity contribution in [1.82, 2.24) is 0 Å².